The van der Waals surface area contributed by atoms with Gasteiger partial charge in [-0.05, 0) is 39.0 Å². The van der Waals surface area contributed by atoms with Gasteiger partial charge in [0.15, 0.2) is 0 Å². The molecule has 0 spiro atoms. The molecule has 8 nitrogen and oxygen atoms in total. The SMILES string of the molecule is CC(C)(C)OC(=O)N1CCN(S(=O)(=O)NC(=O)c2cc(C(F)(F)F)cc(C(F)(F)F)c2)CC1. The molecule has 0 radical (unpaired) electrons. The van der Waals surface area contributed by atoms with E-state index >= 15 is 0 Å². The summed E-state index contributed by atoms with van der Waals surface area (Å²) < 4.78 is 110. The predicted molar refractivity (Wildman–Crippen MR) is 102 cm³/mol. The van der Waals surface area contributed by atoms with Crippen molar-refractivity contribution in [1.29, 1.82) is 0 Å². The maximum Gasteiger partial charge on any atom is 0.416 e. The molecule has 1 N–H and O–H groups in total. The second-order valence-electron chi connectivity index (χ2n) is 8.10. The van der Waals surface area contributed by atoms with Gasteiger partial charge in [-0.1, -0.05) is 0 Å². The first-order chi connectivity index (χ1) is 14.8. The van der Waals surface area contributed by atoms with Gasteiger partial charge >= 0.3 is 28.7 Å². The maximum atomic E-state index is 13.0. The Morgan fingerprint density at radius 3 is 1.73 bits per heavy atom. The van der Waals surface area contributed by atoms with Gasteiger partial charge in [-0.15, -0.1) is 0 Å². The number of hydrogen-bond donors (Lipinski definition) is 1. The van der Waals surface area contributed by atoms with Crippen molar-refractivity contribution in [3.05, 3.63) is 34.9 Å². The van der Waals surface area contributed by atoms with Crippen molar-refractivity contribution in [2.45, 2.75) is 38.7 Å². The van der Waals surface area contributed by atoms with E-state index in [0.717, 1.165) is 4.31 Å². The molecule has 15 heteroatoms. The first-order valence-corrected chi connectivity index (χ1v) is 10.8. The van der Waals surface area contributed by atoms with Gasteiger partial charge in [-0.25, -0.2) is 9.52 Å². The highest BCUT2D eigenvalue weighted by molar-refractivity contribution is 7.87. The number of nitrogens with zero attached hydrogens (tertiary/aromatic N) is 2. The third kappa shape index (κ3) is 7.22. The van der Waals surface area contributed by atoms with Crippen molar-refractivity contribution in [2.24, 2.45) is 0 Å². The van der Waals surface area contributed by atoms with E-state index < -0.39 is 56.9 Å². The first kappa shape index (κ1) is 26.7. The highest BCUT2D eigenvalue weighted by Gasteiger charge is 2.38. The van der Waals surface area contributed by atoms with Crippen molar-refractivity contribution in [3.8, 4) is 0 Å². The molecule has 2 rings (SSSR count). The van der Waals surface area contributed by atoms with E-state index in [1.807, 2.05) is 0 Å². The van der Waals surface area contributed by atoms with Crippen molar-refractivity contribution >= 4 is 22.2 Å². The lowest BCUT2D eigenvalue weighted by Crippen LogP contribution is -2.54. The van der Waals surface area contributed by atoms with Crippen molar-refractivity contribution in [2.75, 3.05) is 26.2 Å². The molecule has 2 amide bonds. The molecule has 186 valence electrons. The summed E-state index contributed by atoms with van der Waals surface area (Å²) >= 11 is 0. The fraction of sp³-hybridized carbons (Fsp3) is 0.556. The lowest BCUT2D eigenvalue weighted by Gasteiger charge is -2.34. The number of hydrogen-bond acceptors (Lipinski definition) is 5. The number of benzene rings is 1. The highest BCUT2D eigenvalue weighted by Crippen LogP contribution is 2.36. The normalized spacial score (nSPS) is 16.5. The third-order valence-electron chi connectivity index (χ3n) is 4.30. The minimum Gasteiger partial charge on any atom is -0.444 e. The smallest absolute Gasteiger partial charge is 0.416 e. The molecule has 0 atom stereocenters. The van der Waals surface area contributed by atoms with Crippen LogP contribution >= 0.6 is 0 Å². The summed E-state index contributed by atoms with van der Waals surface area (Å²) in [7, 11) is -4.62. The summed E-state index contributed by atoms with van der Waals surface area (Å²) in [4.78, 5) is 25.5. The number of carbonyl (C=O) groups is 2. The van der Waals surface area contributed by atoms with Crippen molar-refractivity contribution < 1.29 is 49.1 Å². The summed E-state index contributed by atoms with van der Waals surface area (Å²) in [6, 6.07) is 0.0717. The molecule has 1 aliphatic rings. The lowest BCUT2D eigenvalue weighted by atomic mass is 10.0. The van der Waals surface area contributed by atoms with Gasteiger partial charge < -0.3 is 9.64 Å². The van der Waals surface area contributed by atoms with E-state index in [0.29, 0.717) is 0 Å². The monoisotopic (exact) mass is 505 g/mol. The highest BCUT2D eigenvalue weighted by atomic mass is 32.2. The maximum absolute atomic E-state index is 13.0. The Labute approximate surface area is 185 Å². The number of alkyl halides is 6. The summed E-state index contributed by atoms with van der Waals surface area (Å²) in [5.41, 5.74) is -5.43. The van der Waals surface area contributed by atoms with E-state index in [1.165, 1.54) is 9.62 Å². The van der Waals surface area contributed by atoms with E-state index in [-0.39, 0.29) is 44.4 Å². The van der Waals surface area contributed by atoms with Crippen LogP contribution in [-0.2, 0) is 27.3 Å². The molecular formula is C18H21F6N3O5S. The van der Waals surface area contributed by atoms with E-state index in [9.17, 15) is 44.3 Å². The Bertz CT molecular complexity index is 978. The van der Waals surface area contributed by atoms with Crippen molar-refractivity contribution in [3.63, 3.8) is 0 Å². The van der Waals surface area contributed by atoms with Crippen LogP contribution in [0.3, 0.4) is 0 Å². The van der Waals surface area contributed by atoms with Gasteiger partial charge in [0.05, 0.1) is 11.1 Å². The van der Waals surface area contributed by atoms with Gasteiger partial charge in [0.2, 0.25) is 0 Å². The number of piperazine rings is 1. The number of ether oxygens (including phenoxy) is 1. The predicted octanol–water partition coefficient (Wildman–Crippen LogP) is 3.25. The molecular weight excluding hydrogens is 484 g/mol. The zero-order valence-electron chi connectivity index (χ0n) is 17.7. The molecule has 1 heterocycles. The van der Waals surface area contributed by atoms with Crippen LogP contribution in [0.25, 0.3) is 0 Å². The van der Waals surface area contributed by atoms with Crippen LogP contribution < -0.4 is 4.72 Å². The minimum atomic E-state index is -5.20. The Morgan fingerprint density at radius 2 is 1.33 bits per heavy atom. The van der Waals surface area contributed by atoms with E-state index in [1.54, 1.807) is 20.8 Å². The molecule has 0 aromatic heterocycles. The second-order valence-corrected chi connectivity index (χ2v) is 9.77. The number of nitrogens with one attached hydrogen (secondary N) is 1. The van der Waals surface area contributed by atoms with Crippen LogP contribution in [0, 0.1) is 0 Å². The molecule has 1 saturated heterocycles. The van der Waals surface area contributed by atoms with Gasteiger partial charge in [0.1, 0.15) is 5.60 Å². The van der Waals surface area contributed by atoms with Crippen LogP contribution in [0.1, 0.15) is 42.3 Å². The fourth-order valence-corrected chi connectivity index (χ4v) is 3.89. The molecule has 1 aliphatic heterocycles. The van der Waals surface area contributed by atoms with Crippen LogP contribution in [0.5, 0.6) is 0 Å². The molecule has 0 unspecified atom stereocenters. The largest absolute Gasteiger partial charge is 0.444 e. The molecule has 1 fully saturated rings. The van der Waals surface area contributed by atoms with E-state index in [4.69, 9.17) is 4.74 Å². The van der Waals surface area contributed by atoms with Gasteiger partial charge in [0.25, 0.3) is 5.91 Å². The van der Waals surface area contributed by atoms with E-state index in [2.05, 4.69) is 0 Å². The summed E-state index contributed by atoms with van der Waals surface area (Å²) in [5, 5.41) is 0. The number of amides is 2. The topological polar surface area (TPSA) is 96.0 Å². The van der Waals surface area contributed by atoms with Gasteiger partial charge in [0, 0.05) is 31.7 Å². The molecule has 0 aliphatic carbocycles. The zero-order chi connectivity index (χ0) is 25.4. The molecule has 1 aromatic rings. The minimum absolute atomic E-state index is 0.105. The number of rotatable bonds is 3. The molecule has 33 heavy (non-hydrogen) atoms. The Kier molecular flexibility index (Phi) is 7.29. The quantitative estimate of drug-likeness (QED) is 0.637. The average molecular weight is 505 g/mol. The van der Waals surface area contributed by atoms with Crippen LogP contribution in [0.2, 0.25) is 0 Å². The molecule has 1 aromatic carbocycles. The summed E-state index contributed by atoms with van der Waals surface area (Å²) in [6.45, 7) is 4.14. The third-order valence-corrected chi connectivity index (χ3v) is 5.79. The van der Waals surface area contributed by atoms with Crippen LogP contribution in [-0.4, -0.2) is 61.4 Å². The number of carbonyl (C=O) groups excluding carboxylic acids is 2. The lowest BCUT2D eigenvalue weighted by molar-refractivity contribution is -0.143. The molecule has 0 saturated carbocycles. The van der Waals surface area contributed by atoms with Crippen LogP contribution in [0.4, 0.5) is 31.1 Å². The summed E-state index contributed by atoms with van der Waals surface area (Å²) in [5.74, 6) is -1.67. The summed E-state index contributed by atoms with van der Waals surface area (Å²) in [6.07, 6.45) is -11.1. The van der Waals surface area contributed by atoms with Gasteiger partial charge in [-0.3, -0.25) is 4.79 Å². The Balaban J connectivity index is 2.16. The fourth-order valence-electron chi connectivity index (χ4n) is 2.76. The Hall–Kier alpha value is -2.55. The second kappa shape index (κ2) is 9.00. The standard InChI is InChI=1S/C18H21F6N3O5S/c1-16(2,3)32-15(29)26-4-6-27(7-5-26)33(30,31)25-14(28)11-8-12(17(19,20)21)10-13(9-11)18(22,23)24/h8-10H,4-7H2,1-3H3,(H,25,28). The first-order valence-electron chi connectivity index (χ1n) is 9.39. The number of halogens is 6. The van der Waals surface area contributed by atoms with Gasteiger partial charge in [-0.2, -0.15) is 39.1 Å². The van der Waals surface area contributed by atoms with Crippen LogP contribution in [0.15, 0.2) is 18.2 Å². The molecule has 0 bridgehead atoms. The average Bonchev–Trinajstić information content (AvgIpc) is 2.64. The van der Waals surface area contributed by atoms with Crippen molar-refractivity contribution in [1.82, 2.24) is 13.9 Å². The Morgan fingerprint density at radius 1 is 0.879 bits per heavy atom. The zero-order valence-corrected chi connectivity index (χ0v) is 18.5.